The zero-order chi connectivity index (χ0) is 15.3. The molecule has 116 valence electrons. The second kappa shape index (κ2) is 7.08. The van der Waals surface area contributed by atoms with E-state index in [1.165, 1.54) is 11.1 Å². The number of benzene rings is 1. The molecule has 3 nitrogen and oxygen atoms in total. The minimum Gasteiger partial charge on any atom is -0.338 e. The average molecular weight is 288 g/mol. The van der Waals surface area contributed by atoms with Crippen LogP contribution in [-0.4, -0.2) is 22.9 Å². The second-order valence-corrected chi connectivity index (χ2v) is 6.55. The molecule has 0 heterocycles. The molecule has 1 amide bonds. The second-order valence-electron chi connectivity index (χ2n) is 6.55. The fraction of sp³-hybridized carbons (Fsp3) is 0.611. The lowest BCUT2D eigenvalue weighted by Gasteiger charge is -2.28. The third kappa shape index (κ3) is 4.57. The Kier molecular flexibility index (Phi) is 5.40. The third-order valence-electron chi connectivity index (χ3n) is 4.44. The van der Waals surface area contributed by atoms with Crippen LogP contribution in [0.2, 0.25) is 0 Å². The van der Waals surface area contributed by atoms with Crippen molar-refractivity contribution in [2.45, 2.75) is 64.5 Å². The molecule has 0 unspecified atom stereocenters. The molecular weight excluding hydrogens is 260 g/mol. The molecule has 1 saturated carbocycles. The predicted octanol–water partition coefficient (Wildman–Crippen LogP) is 3.40. The number of rotatable bonds is 6. The van der Waals surface area contributed by atoms with E-state index in [9.17, 15) is 4.79 Å². The van der Waals surface area contributed by atoms with Crippen LogP contribution in [-0.2, 0) is 11.3 Å². The van der Waals surface area contributed by atoms with Gasteiger partial charge < -0.3 is 10.6 Å². The largest absolute Gasteiger partial charge is 0.338 e. The van der Waals surface area contributed by atoms with Gasteiger partial charge in [-0.3, -0.25) is 4.79 Å². The van der Waals surface area contributed by atoms with Gasteiger partial charge in [-0.05, 0) is 31.7 Å². The minimum atomic E-state index is -0.254. The van der Waals surface area contributed by atoms with Gasteiger partial charge in [0.15, 0.2) is 0 Å². The first-order valence-electron chi connectivity index (χ1n) is 8.15. The zero-order valence-electron chi connectivity index (χ0n) is 13.4. The Bertz CT molecular complexity index is 461. The number of carbonyl (C=O) groups is 1. The lowest BCUT2D eigenvalue weighted by Crippen LogP contribution is -2.43. The van der Waals surface area contributed by atoms with Crippen molar-refractivity contribution in [3.63, 3.8) is 0 Å². The van der Waals surface area contributed by atoms with Gasteiger partial charge >= 0.3 is 0 Å². The molecule has 0 radical (unpaired) electrons. The summed E-state index contributed by atoms with van der Waals surface area (Å²) in [6.07, 6.45) is 5.78. The Hall–Kier alpha value is -1.35. The molecule has 0 aromatic heterocycles. The van der Waals surface area contributed by atoms with Gasteiger partial charge in [0, 0.05) is 25.0 Å². The van der Waals surface area contributed by atoms with Crippen molar-refractivity contribution in [1.82, 2.24) is 4.90 Å². The van der Waals surface area contributed by atoms with E-state index in [4.69, 9.17) is 5.73 Å². The van der Waals surface area contributed by atoms with Crippen molar-refractivity contribution in [2.75, 3.05) is 6.54 Å². The maximum atomic E-state index is 12.6. The van der Waals surface area contributed by atoms with E-state index < -0.39 is 0 Å². The summed E-state index contributed by atoms with van der Waals surface area (Å²) < 4.78 is 0. The maximum Gasteiger partial charge on any atom is 0.224 e. The Morgan fingerprint density at radius 2 is 1.86 bits per heavy atom. The topological polar surface area (TPSA) is 46.3 Å². The van der Waals surface area contributed by atoms with Crippen molar-refractivity contribution in [3.05, 3.63) is 35.4 Å². The molecule has 21 heavy (non-hydrogen) atoms. The number of nitrogens with zero attached hydrogens (tertiary/aromatic N) is 1. The molecule has 2 rings (SSSR count). The van der Waals surface area contributed by atoms with Crippen LogP contribution in [0.25, 0.3) is 0 Å². The molecule has 1 aliphatic rings. The standard InChI is InChI=1S/C18H28N2O/c1-3-12-20(14-16-8-6-15(2)7-9-16)17(21)13-18(19)10-4-5-11-18/h6-9H,3-5,10-14,19H2,1-2H3. The molecule has 0 bridgehead atoms. The summed E-state index contributed by atoms with van der Waals surface area (Å²) >= 11 is 0. The van der Waals surface area contributed by atoms with E-state index in [0.717, 1.165) is 38.6 Å². The number of nitrogens with two attached hydrogens (primary N) is 1. The van der Waals surface area contributed by atoms with Gasteiger partial charge in [-0.25, -0.2) is 0 Å². The Labute approximate surface area is 128 Å². The number of hydrogen-bond acceptors (Lipinski definition) is 2. The SMILES string of the molecule is CCCN(Cc1ccc(C)cc1)C(=O)CC1(N)CCCC1. The number of hydrogen-bond donors (Lipinski definition) is 1. The van der Waals surface area contributed by atoms with E-state index >= 15 is 0 Å². The summed E-state index contributed by atoms with van der Waals surface area (Å²) in [4.78, 5) is 14.6. The summed E-state index contributed by atoms with van der Waals surface area (Å²) in [5, 5.41) is 0. The van der Waals surface area contributed by atoms with E-state index in [2.05, 4.69) is 38.1 Å². The molecule has 0 saturated heterocycles. The van der Waals surface area contributed by atoms with Gasteiger partial charge in [0.05, 0.1) is 0 Å². The van der Waals surface area contributed by atoms with Crippen molar-refractivity contribution in [1.29, 1.82) is 0 Å². The van der Waals surface area contributed by atoms with Crippen LogP contribution in [0.4, 0.5) is 0 Å². The van der Waals surface area contributed by atoms with Crippen LogP contribution < -0.4 is 5.73 Å². The quantitative estimate of drug-likeness (QED) is 0.872. The third-order valence-corrected chi connectivity index (χ3v) is 4.44. The number of amides is 1. The molecule has 1 aromatic rings. The molecule has 0 atom stereocenters. The van der Waals surface area contributed by atoms with Crippen molar-refractivity contribution >= 4 is 5.91 Å². The van der Waals surface area contributed by atoms with Gasteiger partial charge in [0.25, 0.3) is 0 Å². The lowest BCUT2D eigenvalue weighted by molar-refractivity contribution is -0.133. The summed E-state index contributed by atoms with van der Waals surface area (Å²) in [6, 6.07) is 8.43. The van der Waals surface area contributed by atoms with Crippen LogP contribution in [0.3, 0.4) is 0 Å². The van der Waals surface area contributed by atoms with E-state index in [0.29, 0.717) is 13.0 Å². The Morgan fingerprint density at radius 3 is 2.43 bits per heavy atom. The fourth-order valence-corrected chi connectivity index (χ4v) is 3.14. The number of aryl methyl sites for hydroxylation is 1. The monoisotopic (exact) mass is 288 g/mol. The summed E-state index contributed by atoms with van der Waals surface area (Å²) in [7, 11) is 0. The van der Waals surface area contributed by atoms with E-state index in [-0.39, 0.29) is 11.4 Å². The first-order chi connectivity index (χ1) is 10.0. The highest BCUT2D eigenvalue weighted by Gasteiger charge is 2.33. The molecule has 0 spiro atoms. The van der Waals surface area contributed by atoms with Gasteiger partial charge in [-0.2, -0.15) is 0 Å². The molecule has 2 N–H and O–H groups in total. The van der Waals surface area contributed by atoms with E-state index in [1.54, 1.807) is 0 Å². The van der Waals surface area contributed by atoms with Gasteiger partial charge in [0.2, 0.25) is 5.91 Å². The zero-order valence-corrected chi connectivity index (χ0v) is 13.4. The van der Waals surface area contributed by atoms with Crippen LogP contribution in [0, 0.1) is 6.92 Å². The van der Waals surface area contributed by atoms with Crippen LogP contribution in [0.1, 0.15) is 56.6 Å². The molecule has 3 heteroatoms. The fourth-order valence-electron chi connectivity index (χ4n) is 3.14. The van der Waals surface area contributed by atoms with Gasteiger partial charge in [-0.15, -0.1) is 0 Å². The molecule has 1 aliphatic carbocycles. The smallest absolute Gasteiger partial charge is 0.224 e. The Morgan fingerprint density at radius 1 is 1.24 bits per heavy atom. The van der Waals surface area contributed by atoms with Gasteiger partial charge in [0.1, 0.15) is 0 Å². The summed E-state index contributed by atoms with van der Waals surface area (Å²) in [6.45, 7) is 5.70. The van der Waals surface area contributed by atoms with E-state index in [1.807, 2.05) is 4.90 Å². The lowest BCUT2D eigenvalue weighted by atomic mass is 9.94. The first-order valence-corrected chi connectivity index (χ1v) is 8.15. The normalized spacial score (nSPS) is 16.9. The van der Waals surface area contributed by atoms with Gasteiger partial charge in [-0.1, -0.05) is 49.6 Å². The minimum absolute atomic E-state index is 0.210. The van der Waals surface area contributed by atoms with Crippen molar-refractivity contribution < 1.29 is 4.79 Å². The van der Waals surface area contributed by atoms with Crippen LogP contribution >= 0.6 is 0 Å². The highest BCUT2D eigenvalue weighted by molar-refractivity contribution is 5.77. The summed E-state index contributed by atoms with van der Waals surface area (Å²) in [5.41, 5.74) is 8.55. The molecule has 1 aromatic carbocycles. The number of carbonyl (C=O) groups excluding carboxylic acids is 1. The van der Waals surface area contributed by atoms with Crippen LogP contribution in [0.5, 0.6) is 0 Å². The van der Waals surface area contributed by atoms with Crippen molar-refractivity contribution in [3.8, 4) is 0 Å². The van der Waals surface area contributed by atoms with Crippen LogP contribution in [0.15, 0.2) is 24.3 Å². The highest BCUT2D eigenvalue weighted by Crippen LogP contribution is 2.30. The molecule has 1 fully saturated rings. The molecule has 0 aliphatic heterocycles. The first kappa shape index (κ1) is 16.0. The summed E-state index contributed by atoms with van der Waals surface area (Å²) in [5.74, 6) is 0.210. The Balaban J connectivity index is 2.00. The maximum absolute atomic E-state index is 12.6. The average Bonchev–Trinajstić information content (AvgIpc) is 2.87. The predicted molar refractivity (Wildman–Crippen MR) is 86.9 cm³/mol. The highest BCUT2D eigenvalue weighted by atomic mass is 16.2. The van der Waals surface area contributed by atoms with Crippen molar-refractivity contribution in [2.24, 2.45) is 5.73 Å². The molecular formula is C18H28N2O.